The lowest BCUT2D eigenvalue weighted by molar-refractivity contribution is -1.04. The summed E-state index contributed by atoms with van der Waals surface area (Å²) in [4.78, 5) is 4.20. The summed E-state index contributed by atoms with van der Waals surface area (Å²) >= 11 is 0. The molecule has 0 aromatic carbocycles. The van der Waals surface area contributed by atoms with Crippen LogP contribution in [-0.4, -0.2) is 25.5 Å². The number of hydrogen-bond donors (Lipinski definition) is 0. The van der Waals surface area contributed by atoms with Gasteiger partial charge in [-0.05, 0) is 12.8 Å². The summed E-state index contributed by atoms with van der Waals surface area (Å²) in [6, 6.07) is 0. The van der Waals surface area contributed by atoms with Gasteiger partial charge in [0.25, 0.3) is 0 Å². The number of unbranched alkanes of at least 4 members (excludes halogenated alkanes) is 1. The maximum Gasteiger partial charge on any atom is 0.107 e. The lowest BCUT2D eigenvalue weighted by Crippen LogP contribution is -2.32. The molecule has 0 saturated carbocycles. The Kier molecular flexibility index (Phi) is 4.27. The van der Waals surface area contributed by atoms with Crippen molar-refractivity contribution in [3.8, 4) is 0 Å². The first-order valence-electron chi connectivity index (χ1n) is 3.36. The van der Waals surface area contributed by atoms with Gasteiger partial charge in [-0.25, -0.2) is 9.65 Å². The molecule has 0 aliphatic heterocycles. The van der Waals surface area contributed by atoms with Gasteiger partial charge in [-0.2, -0.15) is 0 Å². The third-order valence-corrected chi connectivity index (χ3v) is 0.955. The fourth-order valence-electron chi connectivity index (χ4n) is 0.512. The highest BCUT2D eigenvalue weighted by molar-refractivity contribution is 4.64. The maximum atomic E-state index is 10.8. The molecule has 0 bridgehead atoms. The van der Waals surface area contributed by atoms with Crippen LogP contribution in [0.5, 0.6) is 0 Å². The number of rotatable bonds is 5. The molecule has 0 aliphatic rings. The first-order chi connectivity index (χ1) is 4.56. The highest BCUT2D eigenvalue weighted by atomic mass is 16.9. The molecule has 0 fully saturated rings. The van der Waals surface area contributed by atoms with Gasteiger partial charge in [0.15, 0.2) is 0 Å². The summed E-state index contributed by atoms with van der Waals surface area (Å²) in [5.41, 5.74) is 0. The van der Waals surface area contributed by atoms with Crippen LogP contribution in [0.4, 0.5) is 0 Å². The fraction of sp³-hybridized carbons (Fsp3) is 0.714. The summed E-state index contributed by atoms with van der Waals surface area (Å²) in [5, 5.41) is 10.8. The van der Waals surface area contributed by atoms with Gasteiger partial charge in [0.1, 0.15) is 6.61 Å². The van der Waals surface area contributed by atoms with E-state index < -0.39 is 4.81 Å². The molecule has 10 heavy (non-hydrogen) atoms. The van der Waals surface area contributed by atoms with Gasteiger partial charge in [0, 0.05) is 0 Å². The molecule has 0 aromatic rings. The van der Waals surface area contributed by atoms with Gasteiger partial charge in [-0.15, -0.1) is 6.58 Å². The molecule has 3 heteroatoms. The second-order valence-electron chi connectivity index (χ2n) is 2.52. The van der Waals surface area contributed by atoms with Crippen molar-refractivity contribution in [3.63, 3.8) is 0 Å². The maximum absolute atomic E-state index is 10.8. The highest BCUT2D eigenvalue weighted by Gasteiger charge is 1.99. The lowest BCUT2D eigenvalue weighted by Gasteiger charge is -2.29. The molecule has 0 unspecified atom stereocenters. The van der Waals surface area contributed by atoms with Crippen LogP contribution in [0.25, 0.3) is 0 Å². The zero-order chi connectivity index (χ0) is 8.04. The van der Waals surface area contributed by atoms with Crippen molar-refractivity contribution in [3.05, 3.63) is 17.9 Å². The van der Waals surface area contributed by atoms with E-state index in [1.54, 1.807) is 0 Å². The average molecular weight is 145 g/mol. The number of quaternary nitrogens is 1. The van der Waals surface area contributed by atoms with Crippen molar-refractivity contribution in [2.45, 2.75) is 12.8 Å². The van der Waals surface area contributed by atoms with Gasteiger partial charge in [0.05, 0.1) is 14.1 Å². The van der Waals surface area contributed by atoms with Gasteiger partial charge >= 0.3 is 0 Å². The average Bonchev–Trinajstić information content (AvgIpc) is 1.78. The van der Waals surface area contributed by atoms with E-state index in [1.807, 2.05) is 6.08 Å². The number of hydroxylamine groups is 4. The quantitative estimate of drug-likeness (QED) is 0.254. The first kappa shape index (κ1) is 9.62. The SMILES string of the molecule is C=CCCCO[N+](C)(C)[O-]. The van der Waals surface area contributed by atoms with Crippen LogP contribution < -0.4 is 0 Å². The lowest BCUT2D eigenvalue weighted by atomic mass is 10.3. The zero-order valence-electron chi connectivity index (χ0n) is 6.67. The molecule has 0 atom stereocenters. The Morgan fingerprint density at radius 1 is 1.60 bits per heavy atom. The third-order valence-electron chi connectivity index (χ3n) is 0.955. The number of nitrogens with zero attached hydrogens (tertiary/aromatic N) is 1. The molecule has 0 saturated heterocycles. The monoisotopic (exact) mass is 145 g/mol. The van der Waals surface area contributed by atoms with Crippen molar-refractivity contribution < 1.29 is 9.65 Å². The Hall–Kier alpha value is -0.380. The van der Waals surface area contributed by atoms with E-state index in [0.29, 0.717) is 6.61 Å². The van der Waals surface area contributed by atoms with Crippen molar-refractivity contribution in [1.82, 2.24) is 0 Å². The van der Waals surface area contributed by atoms with Gasteiger partial charge < -0.3 is 5.21 Å². The van der Waals surface area contributed by atoms with Gasteiger partial charge in [-0.3, -0.25) is 0 Å². The van der Waals surface area contributed by atoms with Crippen molar-refractivity contribution in [2.24, 2.45) is 0 Å². The fourth-order valence-corrected chi connectivity index (χ4v) is 0.512. The summed E-state index contributed by atoms with van der Waals surface area (Å²) in [6.07, 6.45) is 3.58. The third kappa shape index (κ3) is 7.62. The minimum absolute atomic E-state index is 0.502. The van der Waals surface area contributed by atoms with Crippen LogP contribution in [0, 0.1) is 5.21 Å². The van der Waals surface area contributed by atoms with E-state index in [4.69, 9.17) is 4.84 Å². The highest BCUT2D eigenvalue weighted by Crippen LogP contribution is 1.97. The Labute approximate surface area is 62.0 Å². The minimum Gasteiger partial charge on any atom is -0.599 e. The Bertz CT molecular complexity index is 96.3. The van der Waals surface area contributed by atoms with Crippen molar-refractivity contribution in [2.75, 3.05) is 20.7 Å². The molecule has 0 heterocycles. The van der Waals surface area contributed by atoms with Crippen LogP contribution >= 0.6 is 0 Å². The Balaban J connectivity index is 3.12. The molecular formula is C7H15NO2. The van der Waals surface area contributed by atoms with Crippen LogP contribution in [0.1, 0.15) is 12.8 Å². The van der Waals surface area contributed by atoms with Crippen molar-refractivity contribution in [1.29, 1.82) is 0 Å². The molecule has 0 N–H and O–H groups in total. The summed E-state index contributed by atoms with van der Waals surface area (Å²) in [7, 11) is 2.90. The zero-order valence-corrected chi connectivity index (χ0v) is 6.67. The molecule has 60 valence electrons. The summed E-state index contributed by atoms with van der Waals surface area (Å²) in [5.74, 6) is 0. The van der Waals surface area contributed by atoms with Gasteiger partial charge in [-0.1, -0.05) is 6.08 Å². The van der Waals surface area contributed by atoms with Crippen LogP contribution in [-0.2, 0) is 4.84 Å². The Morgan fingerprint density at radius 2 is 2.20 bits per heavy atom. The number of allylic oxidation sites excluding steroid dienone is 1. The largest absolute Gasteiger partial charge is 0.599 e. The first-order valence-corrected chi connectivity index (χ1v) is 3.36. The van der Waals surface area contributed by atoms with E-state index in [0.717, 1.165) is 12.8 Å². The normalized spacial score (nSPS) is 11.5. The smallest absolute Gasteiger partial charge is 0.107 e. The van der Waals surface area contributed by atoms with E-state index >= 15 is 0 Å². The summed E-state index contributed by atoms with van der Waals surface area (Å²) in [6.45, 7) is 4.06. The van der Waals surface area contributed by atoms with Crippen LogP contribution in [0.15, 0.2) is 12.7 Å². The second kappa shape index (κ2) is 4.44. The molecular weight excluding hydrogens is 130 g/mol. The van der Waals surface area contributed by atoms with Crippen LogP contribution in [0.2, 0.25) is 0 Å². The molecule has 0 rings (SSSR count). The number of hydrogen-bond acceptors (Lipinski definition) is 2. The predicted molar refractivity (Wildman–Crippen MR) is 40.9 cm³/mol. The van der Waals surface area contributed by atoms with E-state index in [9.17, 15) is 5.21 Å². The van der Waals surface area contributed by atoms with E-state index in [1.165, 1.54) is 14.1 Å². The molecule has 0 spiro atoms. The molecule has 0 radical (unpaired) electrons. The molecule has 0 aromatic heterocycles. The van der Waals surface area contributed by atoms with E-state index in [2.05, 4.69) is 6.58 Å². The molecule has 0 amide bonds. The molecule has 3 nitrogen and oxygen atoms in total. The summed E-state index contributed by atoms with van der Waals surface area (Å²) < 4.78 is 0. The Morgan fingerprint density at radius 3 is 2.60 bits per heavy atom. The topological polar surface area (TPSA) is 32.3 Å². The standard InChI is InChI=1S/C7H15NO2/c1-4-5-6-7-10-8(2,3)9/h4H,1,5-7H2,2-3H3. The van der Waals surface area contributed by atoms with Crippen LogP contribution in [0.3, 0.4) is 0 Å². The van der Waals surface area contributed by atoms with Crippen molar-refractivity contribution >= 4 is 0 Å². The van der Waals surface area contributed by atoms with E-state index in [-0.39, 0.29) is 0 Å². The molecule has 0 aliphatic carbocycles. The van der Waals surface area contributed by atoms with Gasteiger partial charge in [0.2, 0.25) is 0 Å². The second-order valence-corrected chi connectivity index (χ2v) is 2.52. The predicted octanol–water partition coefficient (Wildman–Crippen LogP) is 1.46. The minimum atomic E-state index is -0.670.